The number of para-hydroxylation sites is 1. The lowest BCUT2D eigenvalue weighted by Crippen LogP contribution is -2.27. The van der Waals surface area contributed by atoms with Gasteiger partial charge in [0.05, 0.1) is 24.3 Å². The Bertz CT molecular complexity index is 847. The van der Waals surface area contributed by atoms with Gasteiger partial charge in [-0.15, -0.1) is 11.3 Å². The predicted molar refractivity (Wildman–Crippen MR) is 116 cm³/mol. The van der Waals surface area contributed by atoms with Crippen molar-refractivity contribution < 1.29 is 9.53 Å². The van der Waals surface area contributed by atoms with Crippen LogP contribution in [-0.2, 0) is 17.0 Å². The van der Waals surface area contributed by atoms with Gasteiger partial charge >= 0.3 is 0 Å². The zero-order chi connectivity index (χ0) is 18.9. The number of benzene rings is 1. The van der Waals surface area contributed by atoms with Gasteiger partial charge in [0, 0.05) is 23.4 Å². The zero-order valence-corrected chi connectivity index (χ0v) is 17.6. The van der Waals surface area contributed by atoms with E-state index in [2.05, 4.69) is 27.1 Å². The summed E-state index contributed by atoms with van der Waals surface area (Å²) in [5.41, 5.74) is 3.12. The standard InChI is InChI=1S/C20H22N2O2S3/c1-2-24-18-6-4-3-5-17(18)20-22-16(14-27-20)11-19(23)21-8-10-26-13-15-7-9-25-12-15/h3-7,9,12,14H,2,8,10-11,13H2,1H3,(H,21,23). The monoisotopic (exact) mass is 418 g/mol. The first kappa shape index (κ1) is 19.9. The molecule has 0 saturated heterocycles. The van der Waals surface area contributed by atoms with Crippen molar-refractivity contribution in [1.82, 2.24) is 10.3 Å². The van der Waals surface area contributed by atoms with Crippen LogP contribution in [0.3, 0.4) is 0 Å². The Hall–Kier alpha value is -1.83. The molecule has 142 valence electrons. The van der Waals surface area contributed by atoms with Crippen LogP contribution in [0.15, 0.2) is 46.5 Å². The van der Waals surface area contributed by atoms with E-state index in [4.69, 9.17) is 4.74 Å². The molecular weight excluding hydrogens is 396 g/mol. The molecule has 4 nitrogen and oxygen atoms in total. The number of thiophene rings is 1. The lowest BCUT2D eigenvalue weighted by molar-refractivity contribution is -0.120. The second-order valence-corrected chi connectivity index (χ2v) is 8.53. The summed E-state index contributed by atoms with van der Waals surface area (Å²) in [5.74, 6) is 2.74. The predicted octanol–water partition coefficient (Wildman–Crippen LogP) is 4.86. The number of hydrogen-bond donors (Lipinski definition) is 1. The van der Waals surface area contributed by atoms with Gasteiger partial charge < -0.3 is 10.1 Å². The van der Waals surface area contributed by atoms with Crippen LogP contribution in [0.25, 0.3) is 10.6 Å². The van der Waals surface area contributed by atoms with E-state index in [1.807, 2.05) is 48.3 Å². The Morgan fingerprint density at radius 2 is 2.15 bits per heavy atom. The molecular formula is C20H22N2O2S3. The number of rotatable bonds is 10. The van der Waals surface area contributed by atoms with Crippen LogP contribution in [0, 0.1) is 0 Å². The first-order valence-electron chi connectivity index (χ1n) is 8.78. The minimum atomic E-state index is 0.0149. The molecule has 0 aliphatic heterocycles. The maximum absolute atomic E-state index is 12.1. The summed E-state index contributed by atoms with van der Waals surface area (Å²) in [6.07, 6.45) is 0.308. The lowest BCUT2D eigenvalue weighted by Gasteiger charge is -2.07. The van der Waals surface area contributed by atoms with Gasteiger partial charge in [-0.3, -0.25) is 4.79 Å². The molecule has 1 amide bonds. The van der Waals surface area contributed by atoms with Gasteiger partial charge in [0.15, 0.2) is 0 Å². The van der Waals surface area contributed by atoms with E-state index in [0.29, 0.717) is 19.6 Å². The lowest BCUT2D eigenvalue weighted by atomic mass is 10.2. The van der Waals surface area contributed by atoms with E-state index in [1.54, 1.807) is 22.7 Å². The highest BCUT2D eigenvalue weighted by Gasteiger charge is 2.12. The van der Waals surface area contributed by atoms with Crippen LogP contribution in [0.5, 0.6) is 5.75 Å². The van der Waals surface area contributed by atoms with E-state index in [1.165, 1.54) is 5.56 Å². The number of aromatic nitrogens is 1. The normalized spacial score (nSPS) is 10.7. The third kappa shape index (κ3) is 6.09. The number of thioether (sulfide) groups is 1. The van der Waals surface area contributed by atoms with Crippen LogP contribution in [0.2, 0.25) is 0 Å². The summed E-state index contributed by atoms with van der Waals surface area (Å²) in [4.78, 5) is 16.8. The highest BCUT2D eigenvalue weighted by atomic mass is 32.2. The van der Waals surface area contributed by atoms with E-state index in [-0.39, 0.29) is 5.91 Å². The average Bonchev–Trinajstić information content (AvgIpc) is 3.34. The molecule has 0 spiro atoms. The molecule has 1 N–H and O–H groups in total. The summed E-state index contributed by atoms with van der Waals surface area (Å²) >= 11 is 5.09. The molecule has 3 rings (SSSR count). The summed E-state index contributed by atoms with van der Waals surface area (Å²) in [7, 11) is 0. The molecule has 2 heterocycles. The Morgan fingerprint density at radius 3 is 2.96 bits per heavy atom. The highest BCUT2D eigenvalue weighted by molar-refractivity contribution is 7.98. The minimum absolute atomic E-state index is 0.0149. The van der Waals surface area contributed by atoms with Crippen molar-refractivity contribution in [3.63, 3.8) is 0 Å². The Labute approximate surface area is 172 Å². The average molecular weight is 419 g/mol. The number of ether oxygens (including phenoxy) is 1. The smallest absolute Gasteiger partial charge is 0.226 e. The van der Waals surface area contributed by atoms with Crippen LogP contribution in [-0.4, -0.2) is 29.8 Å². The zero-order valence-electron chi connectivity index (χ0n) is 15.1. The molecule has 0 saturated carbocycles. The van der Waals surface area contributed by atoms with Crippen molar-refractivity contribution in [2.75, 3.05) is 18.9 Å². The summed E-state index contributed by atoms with van der Waals surface area (Å²) in [6.45, 7) is 3.26. The maximum atomic E-state index is 12.1. The Balaban J connectivity index is 1.45. The number of nitrogens with zero attached hydrogens (tertiary/aromatic N) is 1. The van der Waals surface area contributed by atoms with E-state index in [9.17, 15) is 4.79 Å². The number of amides is 1. The third-order valence-corrected chi connectivity index (χ3v) is 6.41. The quantitative estimate of drug-likeness (QED) is 0.478. The van der Waals surface area contributed by atoms with E-state index < -0.39 is 0 Å². The minimum Gasteiger partial charge on any atom is -0.493 e. The fourth-order valence-corrected chi connectivity index (χ4v) is 4.92. The molecule has 1 aromatic carbocycles. The highest BCUT2D eigenvalue weighted by Crippen LogP contribution is 2.32. The Morgan fingerprint density at radius 1 is 1.26 bits per heavy atom. The second-order valence-electron chi connectivity index (χ2n) is 5.78. The van der Waals surface area contributed by atoms with E-state index >= 15 is 0 Å². The molecule has 7 heteroatoms. The largest absolute Gasteiger partial charge is 0.493 e. The van der Waals surface area contributed by atoms with Crippen molar-refractivity contribution in [2.24, 2.45) is 0 Å². The van der Waals surface area contributed by atoms with Crippen molar-refractivity contribution in [3.05, 3.63) is 57.7 Å². The van der Waals surface area contributed by atoms with Gasteiger partial charge in [0.2, 0.25) is 5.91 Å². The van der Waals surface area contributed by atoms with Crippen LogP contribution >= 0.6 is 34.4 Å². The van der Waals surface area contributed by atoms with E-state index in [0.717, 1.165) is 33.5 Å². The number of thiazole rings is 1. The molecule has 2 aromatic heterocycles. The number of carbonyl (C=O) groups excluding carboxylic acids is 1. The summed E-state index contributed by atoms with van der Waals surface area (Å²) in [6, 6.07) is 10.0. The number of carbonyl (C=O) groups is 1. The second kappa shape index (κ2) is 10.5. The van der Waals surface area contributed by atoms with Crippen LogP contribution < -0.4 is 10.1 Å². The Kier molecular flexibility index (Phi) is 7.74. The molecule has 27 heavy (non-hydrogen) atoms. The van der Waals surface area contributed by atoms with Crippen molar-refractivity contribution in [2.45, 2.75) is 19.1 Å². The molecule has 0 aliphatic rings. The SMILES string of the molecule is CCOc1ccccc1-c1nc(CC(=O)NCCSCc2ccsc2)cs1. The van der Waals surface area contributed by atoms with Gasteiger partial charge in [0.25, 0.3) is 0 Å². The van der Waals surface area contributed by atoms with Crippen molar-refractivity contribution in [3.8, 4) is 16.3 Å². The molecule has 3 aromatic rings. The first-order chi connectivity index (χ1) is 13.3. The van der Waals surface area contributed by atoms with Gasteiger partial charge in [-0.05, 0) is 41.4 Å². The summed E-state index contributed by atoms with van der Waals surface area (Å²) in [5, 5.41) is 10.1. The fourth-order valence-electron chi connectivity index (χ4n) is 2.49. The van der Waals surface area contributed by atoms with Gasteiger partial charge in [-0.1, -0.05) is 12.1 Å². The van der Waals surface area contributed by atoms with Crippen molar-refractivity contribution in [1.29, 1.82) is 0 Å². The molecule has 0 radical (unpaired) electrons. The van der Waals surface area contributed by atoms with Gasteiger partial charge in [-0.25, -0.2) is 4.98 Å². The van der Waals surface area contributed by atoms with Crippen LogP contribution in [0.1, 0.15) is 18.2 Å². The topological polar surface area (TPSA) is 51.2 Å². The molecule has 0 bridgehead atoms. The number of nitrogens with one attached hydrogen (secondary N) is 1. The molecule has 0 unspecified atom stereocenters. The molecule has 0 aliphatic carbocycles. The maximum Gasteiger partial charge on any atom is 0.226 e. The van der Waals surface area contributed by atoms with Gasteiger partial charge in [0.1, 0.15) is 10.8 Å². The van der Waals surface area contributed by atoms with Gasteiger partial charge in [-0.2, -0.15) is 23.1 Å². The van der Waals surface area contributed by atoms with Crippen molar-refractivity contribution >= 4 is 40.3 Å². The molecule has 0 fully saturated rings. The fraction of sp³-hybridized carbons (Fsp3) is 0.300. The third-order valence-electron chi connectivity index (χ3n) is 3.73. The number of hydrogen-bond acceptors (Lipinski definition) is 6. The first-order valence-corrected chi connectivity index (χ1v) is 11.8. The molecule has 0 atom stereocenters. The van der Waals surface area contributed by atoms with Crippen LogP contribution in [0.4, 0.5) is 0 Å². The summed E-state index contributed by atoms with van der Waals surface area (Å²) < 4.78 is 5.67.